The predicted octanol–water partition coefficient (Wildman–Crippen LogP) is 0.387. The minimum absolute atomic E-state index is 0.359. The van der Waals surface area contributed by atoms with Crippen LogP contribution in [0, 0.1) is 0 Å². The molecule has 3 aliphatic heterocycles. The van der Waals surface area contributed by atoms with Gasteiger partial charge in [0.05, 0.1) is 0 Å². The third-order valence-corrected chi connectivity index (χ3v) is 4.13. The monoisotopic (exact) mass is 181 g/mol. The summed E-state index contributed by atoms with van der Waals surface area (Å²) in [5.41, 5.74) is 0. The second-order valence-electron chi connectivity index (χ2n) is 4.44. The molecule has 0 radical (unpaired) electrons. The summed E-state index contributed by atoms with van der Waals surface area (Å²) >= 11 is 0. The summed E-state index contributed by atoms with van der Waals surface area (Å²) in [5.74, 6) is 0.359. The molecule has 0 amide bonds. The quantitative estimate of drug-likeness (QED) is 0.579. The summed E-state index contributed by atoms with van der Waals surface area (Å²) in [6.07, 6.45) is 2.64. The summed E-state index contributed by atoms with van der Waals surface area (Å²) in [7, 11) is 0. The van der Waals surface area contributed by atoms with Crippen molar-refractivity contribution in [1.82, 2.24) is 14.7 Å². The fraction of sp³-hybridized carbons (Fsp3) is 1.00. The molecule has 0 atom stereocenters. The maximum Gasteiger partial charge on any atom is 0.131 e. The summed E-state index contributed by atoms with van der Waals surface area (Å²) < 4.78 is 0. The van der Waals surface area contributed by atoms with E-state index in [0.717, 1.165) is 0 Å². The first-order chi connectivity index (χ1) is 6.38. The highest BCUT2D eigenvalue weighted by Crippen LogP contribution is 2.39. The lowest BCUT2D eigenvalue weighted by Gasteiger charge is -2.48. The van der Waals surface area contributed by atoms with Crippen molar-refractivity contribution in [3.05, 3.63) is 0 Å². The lowest BCUT2D eigenvalue weighted by molar-refractivity contribution is -0.0980. The molecular formula is C10H19N3. The highest BCUT2D eigenvalue weighted by Gasteiger charge is 2.54. The van der Waals surface area contributed by atoms with Crippen molar-refractivity contribution in [3.63, 3.8) is 0 Å². The Bertz CT molecular complexity index is 196. The van der Waals surface area contributed by atoms with E-state index in [1.807, 2.05) is 0 Å². The normalized spacial score (nSPS) is 33.9. The predicted molar refractivity (Wildman–Crippen MR) is 52.4 cm³/mol. The number of hydrogen-bond donors (Lipinski definition) is 0. The van der Waals surface area contributed by atoms with Crippen molar-refractivity contribution in [2.24, 2.45) is 0 Å². The molecule has 0 aromatic carbocycles. The van der Waals surface area contributed by atoms with Gasteiger partial charge in [-0.25, -0.2) is 0 Å². The molecule has 3 heterocycles. The Morgan fingerprint density at radius 3 is 1.77 bits per heavy atom. The highest BCUT2D eigenvalue weighted by molar-refractivity contribution is 5.02. The largest absolute Gasteiger partial charge is 0.272 e. The van der Waals surface area contributed by atoms with Gasteiger partial charge >= 0.3 is 0 Å². The van der Waals surface area contributed by atoms with Crippen LogP contribution < -0.4 is 0 Å². The zero-order chi connectivity index (χ0) is 8.89. The second-order valence-corrected chi connectivity index (χ2v) is 4.44. The van der Waals surface area contributed by atoms with E-state index in [0.29, 0.717) is 5.79 Å². The minimum atomic E-state index is 0.359. The third kappa shape index (κ3) is 0.853. The first-order valence-electron chi connectivity index (χ1n) is 5.63. The van der Waals surface area contributed by atoms with E-state index in [-0.39, 0.29) is 0 Å². The first kappa shape index (κ1) is 8.21. The zero-order valence-electron chi connectivity index (χ0n) is 8.50. The van der Waals surface area contributed by atoms with Crippen LogP contribution in [-0.4, -0.2) is 59.8 Å². The molecule has 0 aromatic rings. The third-order valence-electron chi connectivity index (χ3n) is 4.13. The van der Waals surface area contributed by atoms with Gasteiger partial charge in [-0.05, 0) is 12.8 Å². The van der Waals surface area contributed by atoms with Crippen LogP contribution >= 0.6 is 0 Å². The molecule has 0 aromatic heterocycles. The maximum absolute atomic E-state index is 2.70. The minimum Gasteiger partial charge on any atom is -0.272 e. The van der Waals surface area contributed by atoms with Crippen LogP contribution in [0.2, 0.25) is 0 Å². The molecule has 0 aliphatic carbocycles. The molecule has 3 fully saturated rings. The molecular weight excluding hydrogens is 162 g/mol. The van der Waals surface area contributed by atoms with Crippen LogP contribution in [0.15, 0.2) is 0 Å². The van der Waals surface area contributed by atoms with Crippen molar-refractivity contribution in [2.75, 3.05) is 39.3 Å². The molecule has 0 unspecified atom stereocenters. The fourth-order valence-corrected chi connectivity index (χ4v) is 3.62. The molecule has 3 rings (SSSR count). The van der Waals surface area contributed by atoms with Gasteiger partial charge in [-0.1, -0.05) is 6.92 Å². The maximum atomic E-state index is 2.70. The van der Waals surface area contributed by atoms with Gasteiger partial charge in [0.1, 0.15) is 5.79 Å². The van der Waals surface area contributed by atoms with E-state index in [1.165, 1.54) is 52.1 Å². The summed E-state index contributed by atoms with van der Waals surface area (Å²) in [6.45, 7) is 10.2. The van der Waals surface area contributed by atoms with Crippen LogP contribution in [-0.2, 0) is 0 Å². The van der Waals surface area contributed by atoms with Gasteiger partial charge in [0.25, 0.3) is 0 Å². The SMILES string of the molecule is CCC12N3CCCN1CCN2CC3. The van der Waals surface area contributed by atoms with Crippen molar-refractivity contribution >= 4 is 0 Å². The van der Waals surface area contributed by atoms with Gasteiger partial charge in [-0.3, -0.25) is 14.7 Å². The van der Waals surface area contributed by atoms with E-state index in [1.54, 1.807) is 0 Å². The van der Waals surface area contributed by atoms with Gasteiger partial charge in [0.15, 0.2) is 0 Å². The molecule has 0 saturated carbocycles. The van der Waals surface area contributed by atoms with Crippen LogP contribution in [0.1, 0.15) is 19.8 Å². The molecule has 0 spiro atoms. The van der Waals surface area contributed by atoms with Gasteiger partial charge in [-0.2, -0.15) is 0 Å². The van der Waals surface area contributed by atoms with Crippen molar-refractivity contribution in [2.45, 2.75) is 25.6 Å². The zero-order valence-corrected chi connectivity index (χ0v) is 8.50. The average Bonchev–Trinajstić information content (AvgIpc) is 2.71. The lowest BCUT2D eigenvalue weighted by Crippen LogP contribution is -2.62. The van der Waals surface area contributed by atoms with E-state index in [2.05, 4.69) is 21.6 Å². The van der Waals surface area contributed by atoms with Crippen molar-refractivity contribution < 1.29 is 0 Å². The van der Waals surface area contributed by atoms with E-state index < -0.39 is 0 Å². The molecule has 3 aliphatic rings. The Balaban J connectivity index is 1.99. The molecule has 74 valence electrons. The van der Waals surface area contributed by atoms with E-state index >= 15 is 0 Å². The number of hydrogen-bond acceptors (Lipinski definition) is 3. The standard InChI is InChI=1S/C10H19N3/c1-2-10-11-4-3-5-12(10)7-9-13(10)8-6-11/h2-9H2,1H3. The van der Waals surface area contributed by atoms with E-state index in [9.17, 15) is 0 Å². The Hall–Kier alpha value is -0.120. The summed E-state index contributed by atoms with van der Waals surface area (Å²) in [5, 5.41) is 0. The van der Waals surface area contributed by atoms with Crippen LogP contribution in [0.3, 0.4) is 0 Å². The van der Waals surface area contributed by atoms with Gasteiger partial charge in [0.2, 0.25) is 0 Å². The summed E-state index contributed by atoms with van der Waals surface area (Å²) in [4.78, 5) is 8.08. The van der Waals surface area contributed by atoms with Crippen molar-refractivity contribution in [3.8, 4) is 0 Å². The molecule has 0 bridgehead atoms. The number of rotatable bonds is 1. The van der Waals surface area contributed by atoms with Crippen LogP contribution in [0.5, 0.6) is 0 Å². The smallest absolute Gasteiger partial charge is 0.131 e. The van der Waals surface area contributed by atoms with Crippen LogP contribution in [0.25, 0.3) is 0 Å². The Kier molecular flexibility index (Phi) is 1.70. The molecule has 3 saturated heterocycles. The topological polar surface area (TPSA) is 9.72 Å². The Morgan fingerprint density at radius 1 is 0.846 bits per heavy atom. The lowest BCUT2D eigenvalue weighted by atomic mass is 10.1. The van der Waals surface area contributed by atoms with Gasteiger partial charge < -0.3 is 0 Å². The average molecular weight is 181 g/mol. The van der Waals surface area contributed by atoms with Crippen LogP contribution in [0.4, 0.5) is 0 Å². The molecule has 3 heteroatoms. The number of nitrogens with zero attached hydrogens (tertiary/aromatic N) is 3. The Labute approximate surface area is 80.3 Å². The van der Waals surface area contributed by atoms with Gasteiger partial charge in [-0.15, -0.1) is 0 Å². The van der Waals surface area contributed by atoms with Gasteiger partial charge in [0, 0.05) is 39.3 Å². The molecule has 3 nitrogen and oxygen atoms in total. The van der Waals surface area contributed by atoms with E-state index in [4.69, 9.17) is 0 Å². The highest BCUT2D eigenvalue weighted by atomic mass is 15.6. The molecule has 13 heavy (non-hydrogen) atoms. The summed E-state index contributed by atoms with van der Waals surface area (Å²) in [6, 6.07) is 0. The van der Waals surface area contributed by atoms with Crippen molar-refractivity contribution in [1.29, 1.82) is 0 Å². The Morgan fingerprint density at radius 2 is 1.31 bits per heavy atom. The molecule has 0 N–H and O–H groups in total. The fourth-order valence-electron chi connectivity index (χ4n) is 3.62. The first-order valence-corrected chi connectivity index (χ1v) is 5.63. The second kappa shape index (κ2) is 2.69.